The van der Waals surface area contributed by atoms with Gasteiger partial charge in [0.05, 0.1) is 28.5 Å². The largest absolute Gasteiger partial charge is 0.298 e. The van der Waals surface area contributed by atoms with E-state index in [1.54, 1.807) is 12.4 Å². The fourth-order valence-electron chi connectivity index (χ4n) is 8.30. The Bertz CT molecular complexity index is 2630. The van der Waals surface area contributed by atoms with Crippen LogP contribution in [0.2, 0.25) is 0 Å². The standard InChI is InChI=1S/2C22H20N4O.2ClH/c27-22-19-10-7-16(6-8-17-4-1-2-12-23-17)14-20(19)24-21-11-9-18-5-3-13-25(18)15-26(21)22;27-22-19-9-7-16(6-8-17-4-1-2-10-23-17)14-20(19)24-21-15-18-5-3-11-25(18)12-13-26(21)22;;/h1-2,4,7,10,12,14,18H,3,5,9,11,13,15H2;1-2,4,7,9-10,14,18H,3,5,11-13,15H2;2*1H. The van der Waals surface area contributed by atoms with E-state index in [1.807, 2.05) is 81.9 Å². The summed E-state index contributed by atoms with van der Waals surface area (Å²) in [6.07, 6.45) is 11.2. The monoisotopic (exact) mass is 784 g/mol. The minimum Gasteiger partial charge on any atom is -0.298 e. The first kappa shape index (κ1) is 38.9. The highest BCUT2D eigenvalue weighted by Gasteiger charge is 2.30. The molecule has 4 aromatic heterocycles. The van der Waals surface area contributed by atoms with Gasteiger partial charge in [-0.1, -0.05) is 24.0 Å². The van der Waals surface area contributed by atoms with Crippen molar-refractivity contribution in [3.05, 3.63) is 140 Å². The van der Waals surface area contributed by atoms with Gasteiger partial charge in [-0.2, -0.15) is 0 Å². The highest BCUT2D eigenvalue weighted by Crippen LogP contribution is 2.26. The Hall–Kier alpha value is -5.36. The Balaban J connectivity index is 0.000000166. The lowest BCUT2D eigenvalue weighted by Gasteiger charge is -2.21. The molecule has 10 rings (SSSR count). The van der Waals surface area contributed by atoms with Crippen molar-refractivity contribution in [1.29, 1.82) is 0 Å². The van der Waals surface area contributed by atoms with Gasteiger partial charge < -0.3 is 0 Å². The minimum absolute atomic E-state index is 0. The molecule has 4 aliphatic heterocycles. The Labute approximate surface area is 337 Å². The van der Waals surface area contributed by atoms with Crippen LogP contribution in [0.5, 0.6) is 0 Å². The van der Waals surface area contributed by atoms with Crippen molar-refractivity contribution in [2.75, 3.05) is 19.6 Å². The number of benzene rings is 2. The molecule has 8 heterocycles. The molecule has 0 spiro atoms. The van der Waals surface area contributed by atoms with Gasteiger partial charge in [-0.3, -0.25) is 28.5 Å². The molecule has 0 aliphatic carbocycles. The Kier molecular flexibility index (Phi) is 11.9. The molecule has 56 heavy (non-hydrogen) atoms. The third-order valence-electron chi connectivity index (χ3n) is 11.1. The number of hydrogen-bond acceptors (Lipinski definition) is 8. The lowest BCUT2D eigenvalue weighted by molar-refractivity contribution is 0.203. The van der Waals surface area contributed by atoms with Crippen LogP contribution in [0.3, 0.4) is 0 Å². The van der Waals surface area contributed by atoms with Gasteiger partial charge in [0.2, 0.25) is 0 Å². The Morgan fingerprint density at radius 3 is 1.79 bits per heavy atom. The van der Waals surface area contributed by atoms with Crippen LogP contribution in [0.15, 0.2) is 94.8 Å². The van der Waals surface area contributed by atoms with Crippen molar-refractivity contribution in [1.82, 2.24) is 38.9 Å². The molecule has 6 aromatic rings. The zero-order valence-corrected chi connectivity index (χ0v) is 32.6. The predicted molar refractivity (Wildman–Crippen MR) is 223 cm³/mol. The van der Waals surface area contributed by atoms with Crippen LogP contribution in [0, 0.1) is 23.7 Å². The number of fused-ring (bicyclic) bond motifs is 6. The third-order valence-corrected chi connectivity index (χ3v) is 11.1. The molecule has 2 fully saturated rings. The number of pyridine rings is 2. The van der Waals surface area contributed by atoms with Crippen LogP contribution in [0.25, 0.3) is 21.8 Å². The predicted octanol–water partition coefficient (Wildman–Crippen LogP) is 5.61. The van der Waals surface area contributed by atoms with Crippen molar-refractivity contribution >= 4 is 46.6 Å². The fourth-order valence-corrected chi connectivity index (χ4v) is 8.30. The second-order valence-electron chi connectivity index (χ2n) is 14.5. The van der Waals surface area contributed by atoms with E-state index in [2.05, 4.69) is 43.4 Å². The van der Waals surface area contributed by atoms with Gasteiger partial charge >= 0.3 is 0 Å². The molecule has 284 valence electrons. The van der Waals surface area contributed by atoms with Gasteiger partial charge in [0.25, 0.3) is 11.1 Å². The van der Waals surface area contributed by atoms with Crippen LogP contribution in [0.1, 0.15) is 66.3 Å². The van der Waals surface area contributed by atoms with Crippen molar-refractivity contribution in [2.24, 2.45) is 0 Å². The van der Waals surface area contributed by atoms with Crippen molar-refractivity contribution in [3.63, 3.8) is 0 Å². The van der Waals surface area contributed by atoms with Crippen LogP contribution in [0.4, 0.5) is 0 Å². The molecule has 2 aromatic carbocycles. The second kappa shape index (κ2) is 17.2. The number of rotatable bonds is 0. The first-order chi connectivity index (χ1) is 26.6. The van der Waals surface area contributed by atoms with E-state index in [9.17, 15) is 9.59 Å². The molecular weight excluding hydrogens is 743 g/mol. The molecule has 0 N–H and O–H groups in total. The van der Waals surface area contributed by atoms with Gasteiger partial charge in [0.1, 0.15) is 23.0 Å². The van der Waals surface area contributed by atoms with E-state index in [0.717, 1.165) is 90.6 Å². The van der Waals surface area contributed by atoms with Crippen LogP contribution >= 0.6 is 24.8 Å². The first-order valence-corrected chi connectivity index (χ1v) is 19.0. The maximum Gasteiger partial charge on any atom is 0.262 e. The number of hydrogen-bond donors (Lipinski definition) is 0. The lowest BCUT2D eigenvalue weighted by Crippen LogP contribution is -2.34. The average molecular weight is 786 g/mol. The molecule has 2 atom stereocenters. The van der Waals surface area contributed by atoms with Crippen molar-refractivity contribution < 1.29 is 0 Å². The average Bonchev–Trinajstić information content (AvgIpc) is 3.77. The third kappa shape index (κ3) is 8.11. The summed E-state index contributed by atoms with van der Waals surface area (Å²) in [5, 5.41) is 1.34. The summed E-state index contributed by atoms with van der Waals surface area (Å²) in [5.74, 6) is 14.2. The van der Waals surface area contributed by atoms with E-state index in [-0.39, 0.29) is 35.9 Å². The molecule has 10 nitrogen and oxygen atoms in total. The van der Waals surface area contributed by atoms with E-state index < -0.39 is 0 Å². The fraction of sp³-hybridized carbons (Fsp3) is 0.318. The topological polar surface area (TPSA) is 102 Å². The number of nitrogens with zero attached hydrogens (tertiary/aromatic N) is 8. The van der Waals surface area contributed by atoms with Crippen molar-refractivity contribution in [2.45, 2.75) is 70.2 Å². The summed E-state index contributed by atoms with van der Waals surface area (Å²) < 4.78 is 3.74. The number of halogens is 2. The molecule has 0 saturated carbocycles. The van der Waals surface area contributed by atoms with E-state index in [4.69, 9.17) is 9.97 Å². The van der Waals surface area contributed by atoms with Crippen LogP contribution in [-0.2, 0) is 26.1 Å². The lowest BCUT2D eigenvalue weighted by atomic mass is 10.1. The summed E-state index contributed by atoms with van der Waals surface area (Å²) in [4.78, 5) is 49.1. The second-order valence-corrected chi connectivity index (χ2v) is 14.5. The van der Waals surface area contributed by atoms with E-state index >= 15 is 0 Å². The van der Waals surface area contributed by atoms with E-state index in [0.29, 0.717) is 29.5 Å². The van der Waals surface area contributed by atoms with Gasteiger partial charge in [-0.25, -0.2) is 19.9 Å². The summed E-state index contributed by atoms with van der Waals surface area (Å²) >= 11 is 0. The van der Waals surface area contributed by atoms with Crippen LogP contribution < -0.4 is 11.1 Å². The summed E-state index contributed by atoms with van der Waals surface area (Å²) in [6.45, 7) is 4.56. The molecule has 12 heteroatoms. The zero-order chi connectivity index (χ0) is 36.4. The zero-order valence-electron chi connectivity index (χ0n) is 30.9. The molecule has 4 aliphatic rings. The van der Waals surface area contributed by atoms with Gasteiger partial charge in [0, 0.05) is 68.1 Å². The molecule has 2 unspecified atom stereocenters. The maximum absolute atomic E-state index is 13.1. The van der Waals surface area contributed by atoms with Gasteiger partial charge in [0.15, 0.2) is 0 Å². The summed E-state index contributed by atoms with van der Waals surface area (Å²) in [7, 11) is 0. The Morgan fingerprint density at radius 1 is 0.571 bits per heavy atom. The van der Waals surface area contributed by atoms with E-state index in [1.165, 1.54) is 25.7 Å². The molecule has 0 amide bonds. The SMILES string of the molecule is Cl.Cl.O=c1c2ccc(C#Cc3ccccn3)cc2nc2n1CCN1CCCC1C2.O=c1c2ccc(C#Cc3ccccn3)cc2nc2n1CN1CCCC1CC2. The molecule has 0 bridgehead atoms. The molecule has 2 saturated heterocycles. The minimum atomic E-state index is 0. The number of aromatic nitrogens is 6. The van der Waals surface area contributed by atoms with Crippen LogP contribution in [-0.4, -0.2) is 70.6 Å². The molecule has 0 radical (unpaired) electrons. The van der Waals surface area contributed by atoms with Gasteiger partial charge in [-0.05, 0) is 111 Å². The van der Waals surface area contributed by atoms with Crippen molar-refractivity contribution in [3.8, 4) is 23.7 Å². The smallest absolute Gasteiger partial charge is 0.262 e. The van der Waals surface area contributed by atoms with Gasteiger partial charge in [-0.15, -0.1) is 24.8 Å². The highest BCUT2D eigenvalue weighted by molar-refractivity contribution is 5.85. The maximum atomic E-state index is 13.1. The normalized spacial score (nSPS) is 18.4. The first-order valence-electron chi connectivity index (χ1n) is 19.0. The Morgan fingerprint density at radius 2 is 1.16 bits per heavy atom. The summed E-state index contributed by atoms with van der Waals surface area (Å²) in [5.41, 5.74) is 4.77. The molecular formula is C44H42Cl2N8O2. The summed E-state index contributed by atoms with van der Waals surface area (Å²) in [6, 6.07) is 23.8. The quantitative estimate of drug-likeness (QED) is 0.183. The number of aryl methyl sites for hydroxylation is 1. The highest BCUT2D eigenvalue weighted by atomic mass is 35.5.